The Morgan fingerprint density at radius 3 is 2.43 bits per heavy atom. The van der Waals surface area contributed by atoms with Crippen molar-refractivity contribution in [2.45, 2.75) is 31.8 Å². The van der Waals surface area contributed by atoms with Gasteiger partial charge in [-0.05, 0) is 28.5 Å². The first kappa shape index (κ1) is 12.6. The molecule has 2 nitrogen and oxygen atoms in total. The smallest absolute Gasteiger partial charge is 0.223 e. The maximum absolute atomic E-state index is 12.5. The molecule has 1 amide bonds. The summed E-state index contributed by atoms with van der Waals surface area (Å²) in [6.07, 6.45) is 0.688. The molecule has 0 unspecified atom stereocenters. The van der Waals surface area contributed by atoms with Crippen molar-refractivity contribution in [2.24, 2.45) is 5.92 Å². The van der Waals surface area contributed by atoms with Crippen LogP contribution in [0.2, 0.25) is 0 Å². The van der Waals surface area contributed by atoms with Gasteiger partial charge in [0.1, 0.15) is 0 Å². The monoisotopic (exact) mass is 277 g/mol. The summed E-state index contributed by atoms with van der Waals surface area (Å²) in [5.74, 6) is 1.23. The fourth-order valence-corrected chi connectivity index (χ4v) is 4.06. The van der Waals surface area contributed by atoms with Gasteiger partial charge in [0.2, 0.25) is 5.91 Å². The van der Waals surface area contributed by atoms with E-state index in [2.05, 4.69) is 48.2 Å². The van der Waals surface area contributed by atoms with Crippen LogP contribution in [0.25, 0.3) is 0 Å². The lowest BCUT2D eigenvalue weighted by Gasteiger charge is -2.25. The van der Waals surface area contributed by atoms with Gasteiger partial charge < -0.3 is 4.90 Å². The second-order valence-corrected chi connectivity index (χ2v) is 6.24. The van der Waals surface area contributed by atoms with E-state index in [1.54, 1.807) is 0 Å². The predicted octanol–water partition coefficient (Wildman–Crippen LogP) is 3.89. The van der Waals surface area contributed by atoms with E-state index in [1.165, 1.54) is 16.7 Å². The van der Waals surface area contributed by atoms with Gasteiger partial charge in [0.25, 0.3) is 0 Å². The van der Waals surface area contributed by atoms with Crippen LogP contribution in [-0.4, -0.2) is 10.8 Å². The zero-order valence-corrected chi connectivity index (χ0v) is 12.2. The Hall–Kier alpha value is -2.09. The van der Waals surface area contributed by atoms with Crippen molar-refractivity contribution in [3.05, 3.63) is 71.3 Å². The number of likely N-dealkylation sites (tertiary alicyclic amines) is 1. The number of benzene rings is 2. The van der Waals surface area contributed by atoms with Gasteiger partial charge >= 0.3 is 0 Å². The second kappa shape index (κ2) is 4.73. The molecular formula is C19H19NO. The van der Waals surface area contributed by atoms with Gasteiger partial charge in [-0.2, -0.15) is 0 Å². The van der Waals surface area contributed by atoms with Crippen molar-refractivity contribution < 1.29 is 4.79 Å². The Morgan fingerprint density at radius 1 is 1.00 bits per heavy atom. The van der Waals surface area contributed by atoms with Crippen LogP contribution < -0.4 is 0 Å². The van der Waals surface area contributed by atoms with Gasteiger partial charge in [0.15, 0.2) is 0 Å². The van der Waals surface area contributed by atoms with Crippen molar-refractivity contribution in [1.82, 2.24) is 4.90 Å². The van der Waals surface area contributed by atoms with Crippen molar-refractivity contribution in [3.63, 3.8) is 0 Å². The summed E-state index contributed by atoms with van der Waals surface area (Å²) in [5, 5.41) is 0. The van der Waals surface area contributed by atoms with Crippen LogP contribution in [0.3, 0.4) is 0 Å². The van der Waals surface area contributed by atoms with Gasteiger partial charge in [-0.1, -0.05) is 61.5 Å². The quantitative estimate of drug-likeness (QED) is 0.815. The number of carbonyl (C=O) groups excluding carboxylic acids is 1. The number of hydrogen-bond donors (Lipinski definition) is 0. The van der Waals surface area contributed by atoms with Crippen LogP contribution in [0.4, 0.5) is 0 Å². The highest BCUT2D eigenvalue weighted by Crippen LogP contribution is 2.53. The van der Waals surface area contributed by atoms with E-state index in [0.29, 0.717) is 24.2 Å². The molecule has 0 aromatic heterocycles. The molecule has 2 aromatic carbocycles. The Kier molecular flexibility index (Phi) is 2.85. The van der Waals surface area contributed by atoms with E-state index in [4.69, 9.17) is 0 Å². The van der Waals surface area contributed by atoms with E-state index >= 15 is 0 Å². The van der Waals surface area contributed by atoms with Gasteiger partial charge in [-0.3, -0.25) is 4.79 Å². The molecule has 1 aliphatic heterocycles. The molecule has 1 heterocycles. The first-order chi connectivity index (χ1) is 10.3. The summed E-state index contributed by atoms with van der Waals surface area (Å²) in [7, 11) is 0. The molecule has 2 heteroatoms. The number of hydrogen-bond acceptors (Lipinski definition) is 1. The molecule has 2 aromatic rings. The SMILES string of the molecule is C[C@@H]1c2ccccc2[C@@H]2[C@H]1CC(=O)N2Cc1ccccc1. The molecule has 21 heavy (non-hydrogen) atoms. The molecule has 1 aliphatic carbocycles. The highest BCUT2D eigenvalue weighted by atomic mass is 16.2. The minimum Gasteiger partial charge on any atom is -0.331 e. The molecule has 1 saturated heterocycles. The van der Waals surface area contributed by atoms with Crippen molar-refractivity contribution in [1.29, 1.82) is 0 Å². The average Bonchev–Trinajstić information content (AvgIpc) is 2.98. The standard InChI is InChI=1S/C19H19NO/c1-13-15-9-5-6-10-16(15)19-17(13)11-18(21)20(19)12-14-7-3-2-4-8-14/h2-10,13,17,19H,11-12H2,1H3/t13-,17+,19-/m1/s1. The molecule has 2 aliphatic rings. The molecule has 0 radical (unpaired) electrons. The molecule has 0 N–H and O–H groups in total. The maximum Gasteiger partial charge on any atom is 0.223 e. The largest absolute Gasteiger partial charge is 0.331 e. The molecular weight excluding hydrogens is 258 g/mol. The normalized spacial score (nSPS) is 26.8. The van der Waals surface area contributed by atoms with E-state index in [0.717, 1.165) is 6.54 Å². The van der Waals surface area contributed by atoms with Gasteiger partial charge in [-0.25, -0.2) is 0 Å². The van der Waals surface area contributed by atoms with E-state index in [1.807, 2.05) is 18.2 Å². The number of nitrogens with zero attached hydrogens (tertiary/aromatic N) is 1. The Balaban J connectivity index is 1.71. The predicted molar refractivity (Wildman–Crippen MR) is 82.7 cm³/mol. The fourth-order valence-electron chi connectivity index (χ4n) is 4.06. The Labute approximate surface area is 125 Å². The third kappa shape index (κ3) is 1.90. The molecule has 0 bridgehead atoms. The molecule has 0 saturated carbocycles. The van der Waals surface area contributed by atoms with Gasteiger partial charge in [-0.15, -0.1) is 0 Å². The third-order valence-electron chi connectivity index (χ3n) is 5.12. The van der Waals surface area contributed by atoms with Crippen molar-refractivity contribution in [3.8, 4) is 0 Å². The van der Waals surface area contributed by atoms with E-state index in [9.17, 15) is 4.79 Å². The van der Waals surface area contributed by atoms with Crippen LogP contribution in [0.1, 0.15) is 42.0 Å². The number of fused-ring (bicyclic) bond motifs is 3. The minimum atomic E-state index is 0.268. The number of rotatable bonds is 2. The average molecular weight is 277 g/mol. The lowest BCUT2D eigenvalue weighted by molar-refractivity contribution is -0.129. The molecule has 4 rings (SSSR count). The molecule has 3 atom stereocenters. The van der Waals surface area contributed by atoms with E-state index in [-0.39, 0.29) is 6.04 Å². The van der Waals surface area contributed by atoms with Crippen molar-refractivity contribution in [2.75, 3.05) is 0 Å². The summed E-state index contributed by atoms with van der Waals surface area (Å²) in [6.45, 7) is 2.99. The molecule has 1 fully saturated rings. The topological polar surface area (TPSA) is 20.3 Å². The lowest BCUT2D eigenvalue weighted by atomic mass is 9.92. The number of carbonyl (C=O) groups is 1. The van der Waals surface area contributed by atoms with Crippen LogP contribution in [0.15, 0.2) is 54.6 Å². The number of amides is 1. The van der Waals surface area contributed by atoms with E-state index < -0.39 is 0 Å². The summed E-state index contributed by atoms with van der Waals surface area (Å²) in [6, 6.07) is 19.2. The highest BCUT2D eigenvalue weighted by Gasteiger charge is 2.48. The van der Waals surface area contributed by atoms with Crippen LogP contribution in [0, 0.1) is 5.92 Å². The highest BCUT2D eigenvalue weighted by molar-refractivity contribution is 5.80. The van der Waals surface area contributed by atoms with Crippen LogP contribution in [0.5, 0.6) is 0 Å². The third-order valence-corrected chi connectivity index (χ3v) is 5.12. The van der Waals surface area contributed by atoms with Crippen LogP contribution >= 0.6 is 0 Å². The summed E-state index contributed by atoms with van der Waals surface area (Å²) >= 11 is 0. The lowest BCUT2D eigenvalue weighted by Crippen LogP contribution is -2.27. The zero-order chi connectivity index (χ0) is 14.4. The second-order valence-electron chi connectivity index (χ2n) is 6.24. The summed E-state index contributed by atoms with van der Waals surface area (Å²) in [5.41, 5.74) is 4.00. The van der Waals surface area contributed by atoms with Crippen molar-refractivity contribution >= 4 is 5.91 Å². The summed E-state index contributed by atoms with van der Waals surface area (Å²) in [4.78, 5) is 14.6. The minimum absolute atomic E-state index is 0.268. The van der Waals surface area contributed by atoms with Crippen LogP contribution in [-0.2, 0) is 11.3 Å². The Bertz CT molecular complexity index is 679. The fraction of sp³-hybridized carbons (Fsp3) is 0.316. The summed E-state index contributed by atoms with van der Waals surface area (Å²) < 4.78 is 0. The first-order valence-electron chi connectivity index (χ1n) is 7.68. The Morgan fingerprint density at radius 2 is 1.67 bits per heavy atom. The molecule has 106 valence electrons. The van der Waals surface area contributed by atoms with Gasteiger partial charge in [0.05, 0.1) is 6.04 Å². The zero-order valence-electron chi connectivity index (χ0n) is 12.2. The maximum atomic E-state index is 12.5. The first-order valence-corrected chi connectivity index (χ1v) is 7.68. The molecule has 0 spiro atoms. The van der Waals surface area contributed by atoms with Gasteiger partial charge in [0, 0.05) is 13.0 Å².